The van der Waals surface area contributed by atoms with Gasteiger partial charge in [0.25, 0.3) is 0 Å². The first-order valence-electron chi connectivity index (χ1n) is 5.91. The van der Waals surface area contributed by atoms with Gasteiger partial charge in [-0.2, -0.15) is 12.7 Å². The third kappa shape index (κ3) is 5.58. The summed E-state index contributed by atoms with van der Waals surface area (Å²) in [5.74, 6) is -0.247. The molecule has 0 spiro atoms. The molecule has 0 aromatic heterocycles. The molecule has 0 aliphatic heterocycles. The average molecular weight is 321 g/mol. The van der Waals surface area contributed by atoms with E-state index in [0.29, 0.717) is 0 Å². The van der Waals surface area contributed by atoms with Gasteiger partial charge >= 0.3 is 10.1 Å². The van der Waals surface area contributed by atoms with Crippen LogP contribution in [0.2, 0.25) is 0 Å². The van der Waals surface area contributed by atoms with Crippen LogP contribution in [0.3, 0.4) is 0 Å². The Morgan fingerprint density at radius 3 is 2.00 bits per heavy atom. The maximum absolute atomic E-state index is 11.8. The summed E-state index contributed by atoms with van der Waals surface area (Å²) in [6.07, 6.45) is 0. The van der Waals surface area contributed by atoms with Crippen LogP contribution in [0.4, 0.5) is 0 Å². The molecule has 0 atom stereocenters. The van der Waals surface area contributed by atoms with Crippen molar-refractivity contribution in [1.29, 1.82) is 0 Å². The molecular formula is C12H19NO5S2. The van der Waals surface area contributed by atoms with Gasteiger partial charge in [0.2, 0.25) is 10.0 Å². The monoisotopic (exact) mass is 321 g/mol. The Hall–Kier alpha value is -0.960. The molecule has 0 aliphatic carbocycles. The third-order valence-electron chi connectivity index (χ3n) is 2.20. The number of nitrogens with one attached hydrogen (secondary N) is 1. The van der Waals surface area contributed by atoms with Crippen LogP contribution in [0.5, 0.6) is 0 Å². The Morgan fingerprint density at radius 1 is 1.05 bits per heavy atom. The van der Waals surface area contributed by atoms with Gasteiger partial charge in [-0.3, -0.25) is 0 Å². The highest BCUT2D eigenvalue weighted by molar-refractivity contribution is 7.91. The zero-order valence-corrected chi connectivity index (χ0v) is 13.5. The van der Waals surface area contributed by atoms with E-state index in [2.05, 4.69) is 4.28 Å². The van der Waals surface area contributed by atoms with Crippen molar-refractivity contribution in [3.63, 3.8) is 0 Å². The van der Waals surface area contributed by atoms with E-state index in [-0.39, 0.29) is 10.6 Å². The highest BCUT2D eigenvalue weighted by Gasteiger charge is 2.25. The normalized spacial score (nSPS) is 13.4. The predicted molar refractivity (Wildman–Crippen MR) is 75.8 cm³/mol. The summed E-state index contributed by atoms with van der Waals surface area (Å²) >= 11 is 0. The minimum absolute atomic E-state index is 0.110. The summed E-state index contributed by atoms with van der Waals surface area (Å²) in [5, 5.41) is 0. The van der Waals surface area contributed by atoms with Gasteiger partial charge in [-0.05, 0) is 24.5 Å². The first kappa shape index (κ1) is 17.1. The van der Waals surface area contributed by atoms with Crippen LogP contribution in [0.1, 0.15) is 26.3 Å². The Labute approximate surface area is 120 Å². The molecule has 0 radical (unpaired) electrons. The average Bonchev–Trinajstić information content (AvgIpc) is 2.24. The second kappa shape index (κ2) is 5.80. The van der Waals surface area contributed by atoms with Crippen LogP contribution in [-0.4, -0.2) is 22.6 Å². The number of hydrogen-bond donors (Lipinski definition) is 1. The molecule has 20 heavy (non-hydrogen) atoms. The lowest BCUT2D eigenvalue weighted by Crippen LogP contribution is -2.34. The third-order valence-corrected chi connectivity index (χ3v) is 5.04. The maximum Gasteiger partial charge on any atom is 0.313 e. The smallest absolute Gasteiger partial charge is 0.210 e. The summed E-state index contributed by atoms with van der Waals surface area (Å²) in [6.45, 7) is 6.98. The lowest BCUT2D eigenvalue weighted by atomic mass is 10.0. The molecule has 8 heteroatoms. The van der Waals surface area contributed by atoms with Crippen LogP contribution in [0, 0.1) is 12.3 Å². The van der Waals surface area contributed by atoms with Gasteiger partial charge in [0.1, 0.15) is 0 Å². The number of sulfonamides is 1. The molecule has 114 valence electrons. The van der Waals surface area contributed by atoms with Crippen LogP contribution in [0.15, 0.2) is 29.2 Å². The molecule has 1 N–H and O–H groups in total. The molecule has 1 aromatic carbocycles. The van der Waals surface area contributed by atoms with Crippen molar-refractivity contribution in [2.75, 3.05) is 5.75 Å². The summed E-state index contributed by atoms with van der Waals surface area (Å²) in [5.41, 5.74) is 0.375. The number of hydrogen-bond acceptors (Lipinski definition) is 5. The van der Waals surface area contributed by atoms with Crippen LogP contribution < -0.4 is 4.89 Å². The first-order chi connectivity index (χ1) is 8.91. The second-order valence-electron chi connectivity index (χ2n) is 5.75. The van der Waals surface area contributed by atoms with E-state index in [1.165, 1.54) is 12.1 Å². The van der Waals surface area contributed by atoms with E-state index in [9.17, 15) is 16.8 Å². The van der Waals surface area contributed by atoms with Crippen LogP contribution in [0.25, 0.3) is 0 Å². The molecule has 0 fully saturated rings. The Balaban J connectivity index is 2.81. The highest BCUT2D eigenvalue weighted by Crippen LogP contribution is 2.16. The molecule has 0 bridgehead atoms. The van der Waals surface area contributed by atoms with E-state index < -0.39 is 25.6 Å². The second-order valence-corrected chi connectivity index (χ2v) is 8.98. The molecule has 0 unspecified atom stereocenters. The minimum atomic E-state index is -4.16. The standard InChI is InChI=1S/C12H19NO5S2/c1-10-5-7-11(8-6-10)20(16,17)18-13-19(14,15)9-12(2,3)4/h5-8,13H,9H2,1-4H3. The van der Waals surface area contributed by atoms with Crippen molar-refractivity contribution in [1.82, 2.24) is 4.89 Å². The Kier molecular flexibility index (Phi) is 4.96. The van der Waals surface area contributed by atoms with Crippen molar-refractivity contribution in [3.05, 3.63) is 29.8 Å². The van der Waals surface area contributed by atoms with Crippen molar-refractivity contribution in [3.8, 4) is 0 Å². The fraction of sp³-hybridized carbons (Fsp3) is 0.500. The van der Waals surface area contributed by atoms with E-state index in [1.54, 1.807) is 37.8 Å². The molecule has 1 rings (SSSR count). The highest BCUT2D eigenvalue weighted by atomic mass is 32.2. The summed E-state index contributed by atoms with van der Waals surface area (Å²) in [6, 6.07) is 5.89. The molecule has 0 saturated heterocycles. The zero-order valence-electron chi connectivity index (χ0n) is 11.9. The number of rotatable bonds is 5. The minimum Gasteiger partial charge on any atom is -0.210 e. The zero-order chi connectivity index (χ0) is 15.6. The van der Waals surface area contributed by atoms with E-state index in [1.807, 2.05) is 6.92 Å². The largest absolute Gasteiger partial charge is 0.313 e. The summed E-state index contributed by atoms with van der Waals surface area (Å²) in [4.78, 5) is 1.54. The fourth-order valence-electron chi connectivity index (χ4n) is 1.45. The van der Waals surface area contributed by atoms with Crippen molar-refractivity contribution in [2.45, 2.75) is 32.6 Å². The number of benzene rings is 1. The Morgan fingerprint density at radius 2 is 1.55 bits per heavy atom. The maximum atomic E-state index is 11.8. The molecule has 0 heterocycles. The molecule has 0 saturated carbocycles. The van der Waals surface area contributed by atoms with Gasteiger partial charge in [0, 0.05) is 0 Å². The quantitative estimate of drug-likeness (QED) is 0.832. The van der Waals surface area contributed by atoms with Crippen LogP contribution >= 0.6 is 0 Å². The van der Waals surface area contributed by atoms with E-state index in [0.717, 1.165) is 5.56 Å². The molecule has 1 aromatic rings. The Bertz CT molecular complexity index is 655. The predicted octanol–water partition coefficient (Wildman–Crippen LogP) is 1.58. The van der Waals surface area contributed by atoms with E-state index in [4.69, 9.17) is 0 Å². The molecule has 0 aliphatic rings. The number of aryl methyl sites for hydroxylation is 1. The molecule has 0 amide bonds. The van der Waals surface area contributed by atoms with Gasteiger partial charge in [-0.25, -0.2) is 8.42 Å². The summed E-state index contributed by atoms with van der Waals surface area (Å²) < 4.78 is 51.4. The summed E-state index contributed by atoms with van der Waals surface area (Å²) in [7, 11) is -8.00. The van der Waals surface area contributed by atoms with Gasteiger partial charge in [-0.15, -0.1) is 0 Å². The fourth-order valence-corrected chi connectivity index (χ4v) is 3.99. The van der Waals surface area contributed by atoms with E-state index >= 15 is 0 Å². The lowest BCUT2D eigenvalue weighted by molar-refractivity contribution is 0.270. The molecular weight excluding hydrogens is 302 g/mol. The van der Waals surface area contributed by atoms with Crippen molar-refractivity contribution in [2.24, 2.45) is 5.41 Å². The van der Waals surface area contributed by atoms with Crippen molar-refractivity contribution < 1.29 is 21.1 Å². The van der Waals surface area contributed by atoms with Crippen LogP contribution in [-0.2, 0) is 24.4 Å². The van der Waals surface area contributed by atoms with Gasteiger partial charge < -0.3 is 0 Å². The van der Waals surface area contributed by atoms with Gasteiger partial charge in [0.05, 0.1) is 10.6 Å². The van der Waals surface area contributed by atoms with Gasteiger partial charge in [-0.1, -0.05) is 43.4 Å². The lowest BCUT2D eigenvalue weighted by Gasteiger charge is -2.17. The van der Waals surface area contributed by atoms with Crippen molar-refractivity contribution >= 4 is 20.1 Å². The SMILES string of the molecule is Cc1ccc(S(=O)(=O)ONS(=O)(=O)CC(C)(C)C)cc1. The topological polar surface area (TPSA) is 89.5 Å². The first-order valence-corrected chi connectivity index (χ1v) is 8.97. The van der Waals surface area contributed by atoms with Gasteiger partial charge in [0.15, 0.2) is 0 Å². The molecule has 6 nitrogen and oxygen atoms in total.